The van der Waals surface area contributed by atoms with Crippen LogP contribution in [0.25, 0.3) is 0 Å². The highest BCUT2D eigenvalue weighted by Crippen LogP contribution is 2.24. The van der Waals surface area contributed by atoms with E-state index in [1.165, 1.54) is 30.0 Å². The van der Waals surface area contributed by atoms with Crippen LogP contribution in [0.4, 0.5) is 10.1 Å². The molecule has 0 saturated heterocycles. The third-order valence-electron chi connectivity index (χ3n) is 4.46. The van der Waals surface area contributed by atoms with Crippen molar-refractivity contribution >= 4 is 52.5 Å². The second-order valence-electron chi connectivity index (χ2n) is 6.73. The van der Waals surface area contributed by atoms with Crippen LogP contribution in [0.5, 0.6) is 0 Å². The van der Waals surface area contributed by atoms with Gasteiger partial charge in [0, 0.05) is 12.1 Å². The van der Waals surface area contributed by atoms with Crippen LogP contribution >= 0.6 is 35.0 Å². The molecule has 0 saturated carbocycles. The van der Waals surface area contributed by atoms with Gasteiger partial charge in [0.2, 0.25) is 5.91 Å². The molecule has 11 heteroatoms. The Morgan fingerprint density at radius 2 is 1.91 bits per heavy atom. The van der Waals surface area contributed by atoms with Crippen molar-refractivity contribution in [1.29, 1.82) is 0 Å². The number of carbonyl (C=O) groups is 2. The average Bonchev–Trinajstić information content (AvgIpc) is 3.19. The molecule has 0 aliphatic rings. The Kier molecular flexibility index (Phi) is 8.11. The Morgan fingerprint density at radius 1 is 1.16 bits per heavy atom. The van der Waals surface area contributed by atoms with Crippen LogP contribution in [0.2, 0.25) is 10.0 Å². The Morgan fingerprint density at radius 3 is 2.59 bits per heavy atom. The van der Waals surface area contributed by atoms with Crippen molar-refractivity contribution in [2.45, 2.75) is 31.6 Å². The summed E-state index contributed by atoms with van der Waals surface area (Å²) >= 11 is 13.1. The molecule has 0 radical (unpaired) electrons. The van der Waals surface area contributed by atoms with Gasteiger partial charge in [-0.25, -0.2) is 4.39 Å². The standard InChI is InChI=1S/C21H20Cl2FN5O2S/c1-3-29-19(12(2)25-20(31)13-8-9-14(22)15(23)10-13)27-28-21(29)32-11-18(30)26-17-7-5-4-6-16(17)24/h4-10,12H,3,11H2,1-2H3,(H,25,31)(H,26,30)/t12-/m0/s1. The van der Waals surface area contributed by atoms with Gasteiger partial charge < -0.3 is 15.2 Å². The predicted molar refractivity (Wildman–Crippen MR) is 124 cm³/mol. The number of anilines is 1. The largest absolute Gasteiger partial charge is 0.342 e. The number of thioether (sulfide) groups is 1. The van der Waals surface area contributed by atoms with Crippen LogP contribution in [0, 0.1) is 5.82 Å². The van der Waals surface area contributed by atoms with Gasteiger partial charge in [-0.15, -0.1) is 10.2 Å². The first-order chi connectivity index (χ1) is 15.3. The zero-order valence-corrected chi connectivity index (χ0v) is 19.6. The molecule has 0 aliphatic heterocycles. The molecule has 1 aromatic heterocycles. The number of nitrogens with one attached hydrogen (secondary N) is 2. The summed E-state index contributed by atoms with van der Waals surface area (Å²) in [6.07, 6.45) is 0. The first-order valence-corrected chi connectivity index (χ1v) is 11.4. The van der Waals surface area contributed by atoms with Crippen LogP contribution in [0.3, 0.4) is 0 Å². The lowest BCUT2D eigenvalue weighted by molar-refractivity contribution is -0.113. The van der Waals surface area contributed by atoms with Crippen LogP contribution < -0.4 is 10.6 Å². The molecular weight excluding hydrogens is 476 g/mol. The number of para-hydroxylation sites is 1. The molecule has 168 valence electrons. The average molecular weight is 496 g/mol. The summed E-state index contributed by atoms with van der Waals surface area (Å²) in [7, 11) is 0. The number of halogens is 3. The Bertz CT molecular complexity index is 1140. The van der Waals surface area contributed by atoms with E-state index in [0.29, 0.717) is 28.1 Å². The molecular formula is C21H20Cl2FN5O2S. The van der Waals surface area contributed by atoms with Crippen molar-refractivity contribution in [3.05, 3.63) is 69.7 Å². The van der Waals surface area contributed by atoms with E-state index in [-0.39, 0.29) is 28.3 Å². The van der Waals surface area contributed by atoms with E-state index in [1.807, 2.05) is 6.92 Å². The van der Waals surface area contributed by atoms with Crippen molar-refractivity contribution in [1.82, 2.24) is 20.1 Å². The van der Waals surface area contributed by atoms with Crippen LogP contribution in [-0.4, -0.2) is 32.3 Å². The molecule has 3 rings (SSSR count). The highest BCUT2D eigenvalue weighted by atomic mass is 35.5. The summed E-state index contributed by atoms with van der Waals surface area (Å²) in [4.78, 5) is 24.8. The topological polar surface area (TPSA) is 88.9 Å². The van der Waals surface area contributed by atoms with Crippen molar-refractivity contribution < 1.29 is 14.0 Å². The molecule has 32 heavy (non-hydrogen) atoms. The molecule has 2 N–H and O–H groups in total. The number of amides is 2. The molecule has 0 aliphatic carbocycles. The molecule has 1 heterocycles. The van der Waals surface area contributed by atoms with Crippen molar-refractivity contribution in [2.75, 3.05) is 11.1 Å². The summed E-state index contributed by atoms with van der Waals surface area (Å²) in [6, 6.07) is 10.1. The van der Waals surface area contributed by atoms with Crippen molar-refractivity contribution in [3.8, 4) is 0 Å². The number of aromatic nitrogens is 3. The van der Waals surface area contributed by atoms with Gasteiger partial charge in [-0.05, 0) is 44.2 Å². The molecule has 0 spiro atoms. The van der Waals surface area contributed by atoms with Crippen molar-refractivity contribution in [2.24, 2.45) is 0 Å². The third-order valence-corrected chi connectivity index (χ3v) is 6.16. The number of rotatable bonds is 8. The quantitative estimate of drug-likeness (QED) is 0.430. The first kappa shape index (κ1) is 24.0. The molecule has 0 fully saturated rings. The molecule has 3 aromatic rings. The maximum atomic E-state index is 13.7. The summed E-state index contributed by atoms with van der Waals surface area (Å²) in [5.41, 5.74) is 0.489. The normalized spacial score (nSPS) is 11.8. The smallest absolute Gasteiger partial charge is 0.251 e. The monoisotopic (exact) mass is 495 g/mol. The number of carbonyl (C=O) groups excluding carboxylic acids is 2. The van der Waals surface area contributed by atoms with Gasteiger partial charge in [0.05, 0.1) is 27.5 Å². The Hall–Kier alpha value is -2.62. The fourth-order valence-electron chi connectivity index (χ4n) is 2.89. The number of hydrogen-bond donors (Lipinski definition) is 2. The summed E-state index contributed by atoms with van der Waals surface area (Å²) < 4.78 is 15.5. The molecule has 2 amide bonds. The number of benzene rings is 2. The lowest BCUT2D eigenvalue weighted by Gasteiger charge is -2.15. The van der Waals surface area contributed by atoms with Crippen LogP contribution in [0.1, 0.15) is 36.1 Å². The number of nitrogens with zero attached hydrogens (tertiary/aromatic N) is 3. The minimum atomic E-state index is -0.503. The zero-order chi connectivity index (χ0) is 23.3. The SMILES string of the molecule is CCn1c(SCC(=O)Nc2ccccc2F)nnc1[C@H](C)NC(=O)c1ccc(Cl)c(Cl)c1. The van der Waals surface area contributed by atoms with E-state index in [0.717, 1.165) is 0 Å². The van der Waals surface area contributed by atoms with Crippen LogP contribution in [-0.2, 0) is 11.3 Å². The second kappa shape index (κ2) is 10.8. The summed E-state index contributed by atoms with van der Waals surface area (Å²) in [6.45, 7) is 4.22. The van der Waals surface area contributed by atoms with Crippen molar-refractivity contribution in [3.63, 3.8) is 0 Å². The lowest BCUT2D eigenvalue weighted by atomic mass is 10.2. The van der Waals surface area contributed by atoms with E-state index < -0.39 is 11.9 Å². The zero-order valence-electron chi connectivity index (χ0n) is 17.2. The van der Waals surface area contributed by atoms with Gasteiger partial charge >= 0.3 is 0 Å². The third kappa shape index (κ3) is 5.79. The Labute approximate surface area is 198 Å². The van der Waals surface area contributed by atoms with E-state index in [9.17, 15) is 14.0 Å². The molecule has 0 bridgehead atoms. The predicted octanol–water partition coefficient (Wildman–Crippen LogP) is 4.97. The van der Waals surface area contributed by atoms with Gasteiger partial charge in [-0.2, -0.15) is 0 Å². The molecule has 2 aromatic carbocycles. The minimum absolute atomic E-state index is 0.0243. The molecule has 0 unspecified atom stereocenters. The van der Waals surface area contributed by atoms with Gasteiger partial charge in [-0.1, -0.05) is 47.1 Å². The fourth-order valence-corrected chi connectivity index (χ4v) is 3.99. The maximum absolute atomic E-state index is 13.7. The fraction of sp³-hybridized carbons (Fsp3) is 0.238. The summed E-state index contributed by atoms with van der Waals surface area (Å²) in [5, 5.41) is 14.9. The van der Waals surface area contributed by atoms with Gasteiger partial charge in [0.15, 0.2) is 11.0 Å². The van der Waals surface area contributed by atoms with Gasteiger partial charge in [-0.3, -0.25) is 9.59 Å². The Balaban J connectivity index is 1.64. The highest BCUT2D eigenvalue weighted by Gasteiger charge is 2.20. The van der Waals surface area contributed by atoms with E-state index in [1.54, 1.807) is 35.8 Å². The van der Waals surface area contributed by atoms with Gasteiger partial charge in [0.1, 0.15) is 5.82 Å². The summed E-state index contributed by atoms with van der Waals surface area (Å²) in [5.74, 6) is -0.640. The molecule has 7 nitrogen and oxygen atoms in total. The van der Waals surface area contributed by atoms with E-state index >= 15 is 0 Å². The van der Waals surface area contributed by atoms with Crippen LogP contribution in [0.15, 0.2) is 47.6 Å². The van der Waals surface area contributed by atoms with E-state index in [4.69, 9.17) is 23.2 Å². The minimum Gasteiger partial charge on any atom is -0.342 e. The lowest BCUT2D eigenvalue weighted by Crippen LogP contribution is -2.28. The highest BCUT2D eigenvalue weighted by molar-refractivity contribution is 7.99. The first-order valence-electron chi connectivity index (χ1n) is 9.66. The number of hydrogen-bond acceptors (Lipinski definition) is 5. The molecule has 1 atom stereocenters. The van der Waals surface area contributed by atoms with E-state index in [2.05, 4.69) is 20.8 Å². The maximum Gasteiger partial charge on any atom is 0.251 e. The van der Waals surface area contributed by atoms with Gasteiger partial charge in [0.25, 0.3) is 5.91 Å². The second-order valence-corrected chi connectivity index (χ2v) is 8.48.